The van der Waals surface area contributed by atoms with Crippen molar-refractivity contribution in [3.05, 3.63) is 40.3 Å². The SMILES string of the molecule is O=C(CCSc1nnc(C2CCCCC2)o1)Nc1ccccc1[N+](=O)[O-]. The molecule has 0 atom stereocenters. The second-order valence-electron chi connectivity index (χ2n) is 6.16. The molecule has 1 aliphatic carbocycles. The molecule has 0 radical (unpaired) electrons. The van der Waals surface area contributed by atoms with Crippen LogP contribution in [0.4, 0.5) is 11.4 Å². The lowest BCUT2D eigenvalue weighted by Gasteiger charge is -2.17. The Morgan fingerprint density at radius 3 is 2.81 bits per heavy atom. The normalized spacial score (nSPS) is 14.9. The van der Waals surface area contributed by atoms with Gasteiger partial charge >= 0.3 is 0 Å². The molecular weight excluding hydrogens is 356 g/mol. The molecule has 1 fully saturated rings. The number of nitrogens with one attached hydrogen (secondary N) is 1. The van der Waals surface area contributed by atoms with E-state index in [4.69, 9.17) is 4.42 Å². The Morgan fingerprint density at radius 2 is 2.04 bits per heavy atom. The van der Waals surface area contributed by atoms with E-state index in [-0.39, 0.29) is 23.7 Å². The number of aromatic nitrogens is 2. The van der Waals surface area contributed by atoms with Crippen LogP contribution in [-0.4, -0.2) is 26.8 Å². The lowest BCUT2D eigenvalue weighted by molar-refractivity contribution is -0.383. The van der Waals surface area contributed by atoms with Crippen LogP contribution in [0.25, 0.3) is 0 Å². The number of thioether (sulfide) groups is 1. The van der Waals surface area contributed by atoms with E-state index in [9.17, 15) is 14.9 Å². The Kier molecular flexibility index (Phi) is 6.21. The second kappa shape index (κ2) is 8.79. The van der Waals surface area contributed by atoms with Crippen LogP contribution < -0.4 is 5.32 Å². The number of carbonyl (C=O) groups is 1. The quantitative estimate of drug-likeness (QED) is 0.439. The van der Waals surface area contributed by atoms with E-state index in [0.717, 1.165) is 12.8 Å². The van der Waals surface area contributed by atoms with Crippen molar-refractivity contribution in [2.45, 2.75) is 49.7 Å². The Bertz CT molecular complexity index is 774. The van der Waals surface area contributed by atoms with E-state index in [1.807, 2.05) is 0 Å². The van der Waals surface area contributed by atoms with E-state index >= 15 is 0 Å². The number of nitro benzene ring substituents is 1. The molecule has 1 heterocycles. The number of hydrogen-bond donors (Lipinski definition) is 1. The maximum atomic E-state index is 12.0. The van der Waals surface area contributed by atoms with E-state index < -0.39 is 4.92 Å². The van der Waals surface area contributed by atoms with Gasteiger partial charge in [-0.3, -0.25) is 14.9 Å². The van der Waals surface area contributed by atoms with Gasteiger partial charge in [0.2, 0.25) is 11.8 Å². The molecule has 0 saturated heterocycles. The van der Waals surface area contributed by atoms with Crippen LogP contribution in [0.1, 0.15) is 50.3 Å². The first kappa shape index (κ1) is 18.4. The summed E-state index contributed by atoms with van der Waals surface area (Å²) in [4.78, 5) is 22.5. The van der Waals surface area contributed by atoms with E-state index in [2.05, 4.69) is 15.5 Å². The fourth-order valence-corrected chi connectivity index (χ4v) is 3.68. The van der Waals surface area contributed by atoms with Crippen LogP contribution in [0.5, 0.6) is 0 Å². The molecule has 8 nitrogen and oxygen atoms in total. The van der Waals surface area contributed by atoms with E-state index in [0.29, 0.717) is 22.8 Å². The number of nitro groups is 1. The van der Waals surface area contributed by atoms with Crippen molar-refractivity contribution in [3.63, 3.8) is 0 Å². The van der Waals surface area contributed by atoms with Gasteiger partial charge in [0.1, 0.15) is 5.69 Å². The number of amides is 1. The molecule has 1 aromatic heterocycles. The molecule has 0 spiro atoms. The molecule has 138 valence electrons. The Labute approximate surface area is 154 Å². The Morgan fingerprint density at radius 1 is 1.27 bits per heavy atom. The van der Waals surface area contributed by atoms with Gasteiger partial charge < -0.3 is 9.73 Å². The van der Waals surface area contributed by atoms with Crippen molar-refractivity contribution in [2.75, 3.05) is 11.1 Å². The van der Waals surface area contributed by atoms with Crippen molar-refractivity contribution in [3.8, 4) is 0 Å². The van der Waals surface area contributed by atoms with Gasteiger partial charge in [0, 0.05) is 24.2 Å². The minimum atomic E-state index is -0.518. The molecule has 3 rings (SSSR count). The number of hydrogen-bond acceptors (Lipinski definition) is 7. The van der Waals surface area contributed by atoms with Crippen molar-refractivity contribution < 1.29 is 14.1 Å². The largest absolute Gasteiger partial charge is 0.416 e. The summed E-state index contributed by atoms with van der Waals surface area (Å²) in [5.74, 6) is 1.21. The highest BCUT2D eigenvalue weighted by Gasteiger charge is 2.21. The first-order valence-electron chi connectivity index (χ1n) is 8.63. The van der Waals surface area contributed by atoms with Gasteiger partial charge in [0.25, 0.3) is 10.9 Å². The van der Waals surface area contributed by atoms with Gasteiger partial charge in [-0.25, -0.2) is 0 Å². The molecule has 0 aliphatic heterocycles. The van der Waals surface area contributed by atoms with Gasteiger partial charge in [0.15, 0.2) is 0 Å². The number of anilines is 1. The standard InChI is InChI=1S/C17H20N4O4S/c22-15(18-13-8-4-5-9-14(13)21(23)24)10-11-26-17-20-19-16(25-17)12-6-2-1-3-7-12/h4-5,8-9,12H,1-3,6-7,10-11H2,(H,18,22). The smallest absolute Gasteiger partial charge is 0.292 e. The summed E-state index contributed by atoms with van der Waals surface area (Å²) in [5.41, 5.74) is 0.0763. The molecule has 1 saturated carbocycles. The summed E-state index contributed by atoms with van der Waals surface area (Å²) < 4.78 is 5.69. The second-order valence-corrected chi connectivity index (χ2v) is 7.21. The number of para-hydroxylation sites is 2. The van der Waals surface area contributed by atoms with Crippen LogP contribution >= 0.6 is 11.8 Å². The Hall–Kier alpha value is -2.42. The number of carbonyl (C=O) groups excluding carboxylic acids is 1. The first-order chi connectivity index (χ1) is 12.6. The highest BCUT2D eigenvalue weighted by molar-refractivity contribution is 7.99. The van der Waals surface area contributed by atoms with Gasteiger partial charge in [-0.15, -0.1) is 10.2 Å². The average molecular weight is 376 g/mol. The predicted molar refractivity (Wildman–Crippen MR) is 97.2 cm³/mol. The molecule has 1 amide bonds. The van der Waals surface area contributed by atoms with Gasteiger partial charge in [-0.2, -0.15) is 0 Å². The highest BCUT2D eigenvalue weighted by atomic mass is 32.2. The van der Waals surface area contributed by atoms with Crippen molar-refractivity contribution in [1.82, 2.24) is 10.2 Å². The lowest BCUT2D eigenvalue weighted by Crippen LogP contribution is -2.13. The summed E-state index contributed by atoms with van der Waals surface area (Å²) >= 11 is 1.32. The predicted octanol–water partition coefficient (Wildman–Crippen LogP) is 4.15. The summed E-state index contributed by atoms with van der Waals surface area (Å²) in [6.07, 6.45) is 6.02. The van der Waals surface area contributed by atoms with Crippen LogP contribution in [0.15, 0.2) is 33.9 Å². The van der Waals surface area contributed by atoms with Gasteiger partial charge in [0.05, 0.1) is 4.92 Å². The van der Waals surface area contributed by atoms with Crippen molar-refractivity contribution in [2.24, 2.45) is 0 Å². The van der Waals surface area contributed by atoms with Crippen molar-refractivity contribution >= 4 is 29.0 Å². The fraction of sp³-hybridized carbons (Fsp3) is 0.471. The molecule has 2 aromatic rings. The van der Waals surface area contributed by atoms with Crippen molar-refractivity contribution in [1.29, 1.82) is 0 Å². The molecule has 1 N–H and O–H groups in total. The maximum absolute atomic E-state index is 12.0. The first-order valence-corrected chi connectivity index (χ1v) is 9.61. The third-order valence-electron chi connectivity index (χ3n) is 4.31. The molecule has 1 aromatic carbocycles. The molecule has 26 heavy (non-hydrogen) atoms. The number of nitrogens with zero attached hydrogens (tertiary/aromatic N) is 3. The summed E-state index contributed by atoms with van der Waals surface area (Å²) in [7, 11) is 0. The molecule has 1 aliphatic rings. The third-order valence-corrected chi connectivity index (χ3v) is 5.13. The number of rotatable bonds is 7. The molecule has 0 unspecified atom stereocenters. The maximum Gasteiger partial charge on any atom is 0.292 e. The zero-order valence-corrected chi connectivity index (χ0v) is 15.0. The average Bonchev–Trinajstić information content (AvgIpc) is 3.11. The zero-order valence-electron chi connectivity index (χ0n) is 14.2. The van der Waals surface area contributed by atoms with E-state index in [1.54, 1.807) is 12.1 Å². The van der Waals surface area contributed by atoms with Crippen LogP contribution in [-0.2, 0) is 4.79 Å². The number of benzene rings is 1. The molecule has 9 heteroatoms. The topological polar surface area (TPSA) is 111 Å². The highest BCUT2D eigenvalue weighted by Crippen LogP contribution is 2.33. The molecular formula is C17H20N4O4S. The third kappa shape index (κ3) is 4.81. The molecule has 0 bridgehead atoms. The minimum Gasteiger partial charge on any atom is -0.416 e. The summed E-state index contributed by atoms with van der Waals surface area (Å²) in [6.45, 7) is 0. The zero-order chi connectivity index (χ0) is 18.4. The minimum absolute atomic E-state index is 0.123. The van der Waals surface area contributed by atoms with Gasteiger partial charge in [-0.1, -0.05) is 43.2 Å². The van der Waals surface area contributed by atoms with Crippen LogP contribution in [0, 0.1) is 10.1 Å². The lowest BCUT2D eigenvalue weighted by atomic mass is 9.89. The van der Waals surface area contributed by atoms with E-state index in [1.165, 1.54) is 43.2 Å². The van der Waals surface area contributed by atoms with Gasteiger partial charge in [-0.05, 0) is 18.9 Å². The fourth-order valence-electron chi connectivity index (χ4n) is 2.98. The monoisotopic (exact) mass is 376 g/mol. The summed E-state index contributed by atoms with van der Waals surface area (Å²) in [5, 5.41) is 22.2. The van der Waals surface area contributed by atoms with Crippen LogP contribution in [0.2, 0.25) is 0 Å². The Balaban J connectivity index is 1.47. The van der Waals surface area contributed by atoms with Crippen LogP contribution in [0.3, 0.4) is 0 Å². The summed E-state index contributed by atoms with van der Waals surface area (Å²) in [6, 6.07) is 6.07.